The predicted molar refractivity (Wildman–Crippen MR) is 129 cm³/mol. The molecule has 2 aliphatic rings. The lowest BCUT2D eigenvalue weighted by atomic mass is 9.88. The Kier molecular flexibility index (Phi) is 6.32. The summed E-state index contributed by atoms with van der Waals surface area (Å²) < 4.78 is 11.6. The van der Waals surface area contributed by atoms with Gasteiger partial charge in [-0.2, -0.15) is 4.98 Å². The average Bonchev–Trinajstić information content (AvgIpc) is 3.27. The third kappa shape index (κ3) is 4.95. The van der Waals surface area contributed by atoms with Crippen molar-refractivity contribution in [2.24, 2.45) is 5.92 Å². The Bertz CT molecular complexity index is 1170. The number of amides is 1. The Labute approximate surface area is 204 Å². The molecule has 0 bridgehead atoms. The largest absolute Gasteiger partial charge is 0.487 e. The zero-order chi connectivity index (χ0) is 23.7. The molecule has 3 aromatic rings. The van der Waals surface area contributed by atoms with Gasteiger partial charge in [0.25, 0.3) is 0 Å². The molecule has 178 valence electrons. The van der Waals surface area contributed by atoms with Gasteiger partial charge in [0, 0.05) is 23.5 Å². The van der Waals surface area contributed by atoms with E-state index in [2.05, 4.69) is 34.2 Å². The predicted octanol–water partition coefficient (Wildman–Crippen LogP) is 5.02. The first-order valence-corrected chi connectivity index (χ1v) is 12.1. The Morgan fingerprint density at radius 3 is 2.68 bits per heavy atom. The number of carbonyl (C=O) groups is 1. The number of para-hydroxylation sites is 1. The van der Waals surface area contributed by atoms with E-state index in [-0.39, 0.29) is 23.5 Å². The van der Waals surface area contributed by atoms with E-state index in [1.54, 1.807) is 0 Å². The summed E-state index contributed by atoms with van der Waals surface area (Å²) in [5, 5.41) is 7.98. The molecule has 1 amide bonds. The maximum absolute atomic E-state index is 13.1. The summed E-state index contributed by atoms with van der Waals surface area (Å²) in [5.74, 6) is 2.02. The number of ether oxygens (including phenoxy) is 1. The molecule has 0 aliphatic carbocycles. The molecule has 34 heavy (non-hydrogen) atoms. The van der Waals surface area contributed by atoms with Gasteiger partial charge in [-0.25, -0.2) is 0 Å². The van der Waals surface area contributed by atoms with Crippen LogP contribution in [0.2, 0.25) is 5.02 Å². The lowest BCUT2D eigenvalue weighted by molar-refractivity contribution is -0.127. The smallest absolute Gasteiger partial charge is 0.241 e. The Hall–Kier alpha value is -2.90. The Morgan fingerprint density at radius 1 is 1.15 bits per heavy atom. The zero-order valence-corrected chi connectivity index (χ0v) is 20.2. The highest BCUT2D eigenvalue weighted by Gasteiger charge is 2.36. The van der Waals surface area contributed by atoms with Crippen LogP contribution in [0, 0.1) is 5.92 Å². The van der Waals surface area contributed by atoms with Gasteiger partial charge in [-0.15, -0.1) is 0 Å². The van der Waals surface area contributed by atoms with Crippen molar-refractivity contribution in [1.29, 1.82) is 0 Å². The van der Waals surface area contributed by atoms with Crippen LogP contribution in [0.1, 0.15) is 50.6 Å². The van der Waals surface area contributed by atoms with Crippen LogP contribution >= 0.6 is 11.6 Å². The van der Waals surface area contributed by atoms with Crippen molar-refractivity contribution >= 4 is 17.5 Å². The van der Waals surface area contributed by atoms with Crippen LogP contribution in [0.25, 0.3) is 11.4 Å². The number of benzene rings is 2. The summed E-state index contributed by atoms with van der Waals surface area (Å²) in [6.07, 6.45) is 2.34. The molecule has 2 aliphatic heterocycles. The van der Waals surface area contributed by atoms with Gasteiger partial charge < -0.3 is 14.6 Å². The standard InChI is InChI=1S/C26H29ClN4O3/c1-26(2)15-21(19-8-4-6-10-22(19)33-26)28-25(32)17-11-13-31(14-12-17)16-23-29-24(30-34-23)18-7-3-5-9-20(18)27/h3-10,17,21H,11-16H2,1-2H3,(H,28,32). The molecule has 5 rings (SSSR count). The van der Waals surface area contributed by atoms with E-state index in [1.807, 2.05) is 48.5 Å². The van der Waals surface area contributed by atoms with Gasteiger partial charge in [0.05, 0.1) is 17.6 Å². The second-order valence-corrected chi connectivity index (χ2v) is 10.1. The summed E-state index contributed by atoms with van der Waals surface area (Å²) in [7, 11) is 0. The van der Waals surface area contributed by atoms with Crippen molar-refractivity contribution in [3.63, 3.8) is 0 Å². The minimum atomic E-state index is -0.317. The molecule has 2 aromatic carbocycles. The number of nitrogens with zero attached hydrogens (tertiary/aromatic N) is 3. The maximum atomic E-state index is 13.1. The number of likely N-dealkylation sites (tertiary alicyclic amines) is 1. The van der Waals surface area contributed by atoms with Crippen LogP contribution in [0.4, 0.5) is 0 Å². The summed E-state index contributed by atoms with van der Waals surface area (Å²) in [6.45, 7) is 6.30. The highest BCUT2D eigenvalue weighted by molar-refractivity contribution is 6.33. The first-order valence-electron chi connectivity index (χ1n) is 11.8. The molecule has 8 heteroatoms. The quantitative estimate of drug-likeness (QED) is 0.552. The van der Waals surface area contributed by atoms with Crippen molar-refractivity contribution in [1.82, 2.24) is 20.4 Å². The summed E-state index contributed by atoms with van der Waals surface area (Å²) in [4.78, 5) is 19.9. The molecular weight excluding hydrogens is 452 g/mol. The van der Waals surface area contributed by atoms with E-state index < -0.39 is 0 Å². The minimum absolute atomic E-state index is 0.00394. The molecule has 3 heterocycles. The van der Waals surface area contributed by atoms with Crippen molar-refractivity contribution < 1.29 is 14.1 Å². The average molecular weight is 481 g/mol. The van der Waals surface area contributed by atoms with E-state index in [9.17, 15) is 4.79 Å². The summed E-state index contributed by atoms with van der Waals surface area (Å²) in [5.41, 5.74) is 1.49. The van der Waals surface area contributed by atoms with E-state index in [1.165, 1.54) is 0 Å². The van der Waals surface area contributed by atoms with Gasteiger partial charge in [-0.1, -0.05) is 47.1 Å². The van der Waals surface area contributed by atoms with E-state index in [0.29, 0.717) is 23.3 Å². The molecule has 1 fully saturated rings. The van der Waals surface area contributed by atoms with Crippen molar-refractivity contribution in [3.8, 4) is 17.1 Å². The SMILES string of the molecule is CC1(C)CC(NC(=O)C2CCN(Cc3nc(-c4ccccc4Cl)no3)CC2)c2ccccc2O1. The highest BCUT2D eigenvalue weighted by atomic mass is 35.5. The monoisotopic (exact) mass is 480 g/mol. The van der Waals surface area contributed by atoms with Crippen LogP contribution in [0.15, 0.2) is 53.1 Å². The molecule has 1 N–H and O–H groups in total. The fraction of sp³-hybridized carbons (Fsp3) is 0.423. The first-order chi connectivity index (χ1) is 16.4. The van der Waals surface area contributed by atoms with Crippen molar-refractivity contribution in [2.75, 3.05) is 13.1 Å². The molecule has 0 saturated carbocycles. The number of fused-ring (bicyclic) bond motifs is 1. The second-order valence-electron chi connectivity index (χ2n) is 9.71. The van der Waals surface area contributed by atoms with E-state index in [0.717, 1.165) is 49.2 Å². The van der Waals surface area contributed by atoms with Crippen molar-refractivity contribution in [3.05, 3.63) is 65.0 Å². The molecule has 0 radical (unpaired) electrons. The normalized spacial score (nSPS) is 20.4. The van der Waals surface area contributed by atoms with Gasteiger partial charge in [-0.05, 0) is 58.0 Å². The van der Waals surface area contributed by atoms with Gasteiger partial charge in [0.2, 0.25) is 17.6 Å². The minimum Gasteiger partial charge on any atom is -0.487 e. The number of halogens is 1. The lowest BCUT2D eigenvalue weighted by Gasteiger charge is -2.39. The number of nitrogens with one attached hydrogen (secondary N) is 1. The Morgan fingerprint density at radius 2 is 1.88 bits per heavy atom. The van der Waals surface area contributed by atoms with Gasteiger partial charge >= 0.3 is 0 Å². The van der Waals surface area contributed by atoms with Crippen LogP contribution in [-0.4, -0.2) is 39.6 Å². The number of carbonyl (C=O) groups excluding carboxylic acids is 1. The van der Waals surface area contributed by atoms with Gasteiger partial charge in [-0.3, -0.25) is 9.69 Å². The van der Waals surface area contributed by atoms with E-state index >= 15 is 0 Å². The fourth-order valence-electron chi connectivity index (χ4n) is 4.84. The molecule has 1 saturated heterocycles. The third-order valence-corrected chi connectivity index (χ3v) is 6.92. The van der Waals surface area contributed by atoms with Crippen LogP contribution < -0.4 is 10.1 Å². The Balaban J connectivity index is 1.16. The van der Waals surface area contributed by atoms with E-state index in [4.69, 9.17) is 20.9 Å². The lowest BCUT2D eigenvalue weighted by Crippen LogP contribution is -2.45. The molecule has 7 nitrogen and oxygen atoms in total. The second kappa shape index (κ2) is 9.39. The van der Waals surface area contributed by atoms with Crippen LogP contribution in [0.3, 0.4) is 0 Å². The summed E-state index contributed by atoms with van der Waals surface area (Å²) >= 11 is 6.24. The number of rotatable bonds is 5. The molecule has 1 unspecified atom stereocenters. The van der Waals surface area contributed by atoms with Gasteiger partial charge in [0.1, 0.15) is 11.4 Å². The highest BCUT2D eigenvalue weighted by Crippen LogP contribution is 2.39. The molecular formula is C26H29ClN4O3. The number of piperidine rings is 1. The summed E-state index contributed by atoms with van der Waals surface area (Å²) in [6, 6.07) is 15.4. The van der Waals surface area contributed by atoms with Crippen molar-refractivity contribution in [2.45, 2.75) is 51.3 Å². The van der Waals surface area contributed by atoms with Gasteiger partial charge in [0.15, 0.2) is 0 Å². The maximum Gasteiger partial charge on any atom is 0.241 e. The fourth-order valence-corrected chi connectivity index (χ4v) is 5.06. The number of hydrogen-bond acceptors (Lipinski definition) is 6. The first kappa shape index (κ1) is 22.9. The molecule has 1 aromatic heterocycles. The third-order valence-electron chi connectivity index (χ3n) is 6.59. The number of hydrogen-bond donors (Lipinski definition) is 1. The number of aromatic nitrogens is 2. The molecule has 1 atom stereocenters. The topological polar surface area (TPSA) is 80.5 Å². The van der Waals surface area contributed by atoms with Crippen LogP contribution in [-0.2, 0) is 11.3 Å². The van der Waals surface area contributed by atoms with Crippen LogP contribution in [0.5, 0.6) is 5.75 Å². The zero-order valence-electron chi connectivity index (χ0n) is 19.5. The molecule has 0 spiro atoms.